The maximum absolute atomic E-state index is 5.43. The summed E-state index contributed by atoms with van der Waals surface area (Å²) in [5.41, 5.74) is 14.0. The highest BCUT2D eigenvalue weighted by Crippen LogP contribution is 2.63. The Balaban J connectivity index is 1.10. The summed E-state index contributed by atoms with van der Waals surface area (Å²) in [5, 5.41) is 4.82. The average molecular weight is 743 g/mol. The highest BCUT2D eigenvalue weighted by molar-refractivity contribution is 7.26. The van der Waals surface area contributed by atoms with Gasteiger partial charge in [0.1, 0.15) is 0 Å². The predicted molar refractivity (Wildman–Crippen MR) is 234 cm³/mol. The van der Waals surface area contributed by atoms with Gasteiger partial charge in [0.25, 0.3) is 0 Å². The van der Waals surface area contributed by atoms with Gasteiger partial charge in [-0.15, -0.1) is 11.3 Å². The first-order valence-electron chi connectivity index (χ1n) is 19.4. The first-order valence-corrected chi connectivity index (χ1v) is 20.2. The molecule has 5 heteroatoms. The molecule has 0 saturated heterocycles. The van der Waals surface area contributed by atoms with Crippen LogP contribution in [0.2, 0.25) is 0 Å². The number of rotatable bonds is 3. The third-order valence-electron chi connectivity index (χ3n) is 12.3. The summed E-state index contributed by atoms with van der Waals surface area (Å²) in [7, 11) is 0. The van der Waals surface area contributed by atoms with E-state index in [1.807, 2.05) is 29.5 Å². The quantitative estimate of drug-likeness (QED) is 0.181. The first kappa shape index (κ1) is 31.0. The zero-order chi connectivity index (χ0) is 37.2. The van der Waals surface area contributed by atoms with Crippen molar-refractivity contribution in [2.45, 2.75) is 5.41 Å². The molecule has 57 heavy (non-hydrogen) atoms. The molecule has 3 heterocycles. The minimum absolute atomic E-state index is 0.408. The second-order valence-electron chi connectivity index (χ2n) is 15.1. The van der Waals surface area contributed by atoms with Gasteiger partial charge in [0.05, 0.1) is 16.4 Å². The number of fused-ring (bicyclic) bond motifs is 17. The third kappa shape index (κ3) is 4.08. The first-order chi connectivity index (χ1) is 28.3. The molecular weight excluding hydrogens is 713 g/mol. The molecule has 11 aromatic rings. The number of thiophene rings is 1. The zero-order valence-electron chi connectivity index (χ0n) is 30.5. The summed E-state index contributed by atoms with van der Waals surface area (Å²) >= 11 is 1.83. The minimum Gasteiger partial charge on any atom is -0.277 e. The Labute approximate surface area is 332 Å². The van der Waals surface area contributed by atoms with E-state index < -0.39 is 5.41 Å². The molecule has 0 atom stereocenters. The molecule has 2 aliphatic carbocycles. The number of hydrogen-bond donors (Lipinski definition) is 0. The van der Waals surface area contributed by atoms with E-state index in [0.717, 1.165) is 22.2 Å². The normalized spacial score (nSPS) is 13.4. The average Bonchev–Trinajstić information content (AvgIpc) is 4.00. The monoisotopic (exact) mass is 742 g/mol. The van der Waals surface area contributed by atoms with Crippen LogP contribution < -0.4 is 0 Å². The summed E-state index contributed by atoms with van der Waals surface area (Å²) in [6.45, 7) is 0. The Morgan fingerprint density at radius 3 is 1.72 bits per heavy atom. The number of benzene rings is 8. The van der Waals surface area contributed by atoms with E-state index in [2.05, 4.69) is 168 Å². The van der Waals surface area contributed by atoms with Gasteiger partial charge in [0, 0.05) is 42.1 Å². The van der Waals surface area contributed by atoms with Crippen molar-refractivity contribution in [2.75, 3.05) is 0 Å². The van der Waals surface area contributed by atoms with Crippen LogP contribution in [0.1, 0.15) is 22.3 Å². The van der Waals surface area contributed by atoms with E-state index in [9.17, 15) is 0 Å². The van der Waals surface area contributed by atoms with E-state index in [1.165, 1.54) is 75.5 Å². The largest absolute Gasteiger partial charge is 0.277 e. The molecule has 0 fully saturated rings. The van der Waals surface area contributed by atoms with Gasteiger partial charge in [-0.3, -0.25) is 4.57 Å². The maximum atomic E-state index is 5.43. The van der Waals surface area contributed by atoms with Crippen molar-refractivity contribution in [2.24, 2.45) is 0 Å². The van der Waals surface area contributed by atoms with Crippen LogP contribution in [-0.4, -0.2) is 19.5 Å². The Kier molecular flexibility index (Phi) is 6.22. The molecule has 3 aromatic heterocycles. The summed E-state index contributed by atoms with van der Waals surface area (Å²) in [5.74, 6) is 1.88. The molecule has 13 rings (SSSR count). The fourth-order valence-electron chi connectivity index (χ4n) is 10.0. The molecule has 0 radical (unpaired) electrons. The van der Waals surface area contributed by atoms with E-state index >= 15 is 0 Å². The zero-order valence-corrected chi connectivity index (χ0v) is 31.3. The van der Waals surface area contributed by atoms with Crippen LogP contribution in [0.5, 0.6) is 0 Å². The highest BCUT2D eigenvalue weighted by Gasteiger charge is 2.51. The summed E-state index contributed by atoms with van der Waals surface area (Å²) in [6.07, 6.45) is 0. The molecule has 2 aliphatic rings. The van der Waals surface area contributed by atoms with Crippen molar-refractivity contribution in [1.82, 2.24) is 19.5 Å². The van der Waals surface area contributed by atoms with Crippen molar-refractivity contribution in [1.29, 1.82) is 0 Å². The van der Waals surface area contributed by atoms with Crippen molar-refractivity contribution in [3.05, 3.63) is 204 Å². The van der Waals surface area contributed by atoms with E-state index in [0.29, 0.717) is 17.6 Å². The van der Waals surface area contributed by atoms with Crippen molar-refractivity contribution in [3.8, 4) is 51.0 Å². The van der Waals surface area contributed by atoms with Crippen molar-refractivity contribution in [3.63, 3.8) is 0 Å². The minimum atomic E-state index is -0.408. The summed E-state index contributed by atoms with van der Waals surface area (Å²) in [6, 6.07) is 65.8. The second-order valence-corrected chi connectivity index (χ2v) is 16.2. The maximum Gasteiger partial charge on any atom is 0.238 e. The van der Waals surface area contributed by atoms with Crippen LogP contribution in [0, 0.1) is 0 Å². The van der Waals surface area contributed by atoms with E-state index in [-0.39, 0.29) is 0 Å². The molecule has 1 spiro atoms. The summed E-state index contributed by atoms with van der Waals surface area (Å²) in [4.78, 5) is 16.0. The Morgan fingerprint density at radius 2 is 0.982 bits per heavy atom. The third-order valence-corrected chi connectivity index (χ3v) is 13.4. The molecule has 4 nitrogen and oxygen atoms in total. The Hall–Kier alpha value is -7.21. The SMILES string of the molecule is c1ccc(-c2nc(-c3ccc4c(c3)-c3ccccc3C43c4ccccc4-c4ccccc43)nc(-n3c4ccccc4c4ccc5sc6ccccc6c5c43)n2)cc1. The van der Waals surface area contributed by atoms with Crippen LogP contribution in [-0.2, 0) is 5.41 Å². The van der Waals surface area contributed by atoms with Gasteiger partial charge in [-0.05, 0) is 68.8 Å². The van der Waals surface area contributed by atoms with Crippen molar-refractivity contribution >= 4 is 53.3 Å². The van der Waals surface area contributed by atoms with Crippen LogP contribution in [0.25, 0.3) is 93.0 Å². The molecule has 264 valence electrons. The predicted octanol–water partition coefficient (Wildman–Crippen LogP) is 13.0. The Bertz CT molecular complexity index is 3440. The topological polar surface area (TPSA) is 43.6 Å². The molecule has 0 bridgehead atoms. The fourth-order valence-corrected chi connectivity index (χ4v) is 11.1. The van der Waals surface area contributed by atoms with Gasteiger partial charge in [-0.1, -0.05) is 158 Å². The van der Waals surface area contributed by atoms with E-state index in [1.54, 1.807) is 0 Å². The number of nitrogens with zero attached hydrogens (tertiary/aromatic N) is 4. The molecule has 0 aliphatic heterocycles. The second kappa shape index (κ2) is 11.4. The van der Waals surface area contributed by atoms with Gasteiger partial charge in [0.15, 0.2) is 11.6 Å². The van der Waals surface area contributed by atoms with Gasteiger partial charge >= 0.3 is 0 Å². The molecule has 0 amide bonds. The number of aromatic nitrogens is 4. The Morgan fingerprint density at radius 1 is 0.404 bits per heavy atom. The molecule has 0 unspecified atom stereocenters. The molecule has 0 saturated carbocycles. The van der Waals surface area contributed by atoms with Crippen LogP contribution in [0.4, 0.5) is 0 Å². The smallest absolute Gasteiger partial charge is 0.238 e. The van der Waals surface area contributed by atoms with Gasteiger partial charge < -0.3 is 0 Å². The lowest BCUT2D eigenvalue weighted by Gasteiger charge is -2.30. The van der Waals surface area contributed by atoms with Crippen molar-refractivity contribution < 1.29 is 0 Å². The molecule has 0 N–H and O–H groups in total. The number of para-hydroxylation sites is 1. The van der Waals surface area contributed by atoms with Crippen LogP contribution >= 0.6 is 11.3 Å². The van der Waals surface area contributed by atoms with E-state index in [4.69, 9.17) is 15.0 Å². The fraction of sp³-hybridized carbons (Fsp3) is 0.0192. The van der Waals surface area contributed by atoms with Gasteiger partial charge in [0.2, 0.25) is 5.95 Å². The summed E-state index contributed by atoms with van der Waals surface area (Å²) < 4.78 is 4.78. The van der Waals surface area contributed by atoms with Gasteiger partial charge in [-0.2, -0.15) is 9.97 Å². The standard InChI is InChI=1S/C52H30N4S/c1-2-14-31(15-3-1)49-53-50(55-51(54-49)56-44-24-12-7-19-36(44)37-27-29-46-47(48(37)56)38-20-8-13-25-45(38)57-46)32-26-28-43-39(30-32)35-18-6-11-23-42(35)52(43)40-21-9-4-16-33(40)34-17-5-10-22-41(34)52/h1-30H. The lowest BCUT2D eigenvalue weighted by Crippen LogP contribution is -2.25. The lowest BCUT2D eigenvalue weighted by molar-refractivity contribution is 0.794. The molecular formula is C52H30N4S. The number of hydrogen-bond acceptors (Lipinski definition) is 4. The van der Waals surface area contributed by atoms with Gasteiger partial charge in [-0.25, -0.2) is 4.98 Å². The lowest BCUT2D eigenvalue weighted by atomic mass is 9.70. The molecule has 8 aromatic carbocycles. The van der Waals surface area contributed by atoms with Crippen LogP contribution in [0.15, 0.2) is 182 Å². The van der Waals surface area contributed by atoms with Crippen LogP contribution in [0.3, 0.4) is 0 Å². The highest BCUT2D eigenvalue weighted by atomic mass is 32.1.